The Hall–Kier alpha value is -4.82. The molecule has 0 aromatic heterocycles. The van der Waals surface area contributed by atoms with Gasteiger partial charge in [0, 0.05) is 31.9 Å². The van der Waals surface area contributed by atoms with Crippen LogP contribution in [-0.4, -0.2) is 17.7 Å². The average molecular weight is 667 g/mol. The summed E-state index contributed by atoms with van der Waals surface area (Å²) in [5, 5.41) is 9.00. The molecule has 0 aliphatic heterocycles. The van der Waals surface area contributed by atoms with E-state index in [9.17, 15) is 14.4 Å². The number of halogens is 2. The molecule has 5 aromatic carbocycles. The van der Waals surface area contributed by atoms with Gasteiger partial charge in [0.15, 0.2) is 0 Å². The third kappa shape index (κ3) is 8.67. The number of carbonyl (C=O) groups is 3. The van der Waals surface area contributed by atoms with E-state index in [-0.39, 0.29) is 11.6 Å². The van der Waals surface area contributed by atoms with Gasteiger partial charge in [-0.2, -0.15) is 0 Å². The lowest BCUT2D eigenvalue weighted by Crippen LogP contribution is -2.30. The van der Waals surface area contributed by atoms with Gasteiger partial charge >= 0.3 is 0 Å². The average Bonchev–Trinajstić information content (AvgIpc) is 3.07. The Kier molecular flexibility index (Phi) is 10.9. The van der Waals surface area contributed by atoms with Crippen LogP contribution in [0, 0.1) is 6.92 Å². The topological polar surface area (TPSA) is 87.3 Å². The molecule has 230 valence electrons. The molecule has 9 heteroatoms. The van der Waals surface area contributed by atoms with Crippen molar-refractivity contribution in [1.29, 1.82) is 0 Å². The van der Waals surface area contributed by atoms with Crippen LogP contribution in [0.1, 0.15) is 32.3 Å². The first-order valence-electron chi connectivity index (χ1n) is 14.3. The Morgan fingerprint density at radius 3 is 2.09 bits per heavy atom. The van der Waals surface area contributed by atoms with Gasteiger partial charge in [0.25, 0.3) is 11.8 Å². The number of benzene rings is 5. The molecular formula is C37H29Cl2N3O3S. The summed E-state index contributed by atoms with van der Waals surface area (Å²) in [5.41, 5.74) is 3.90. The first kappa shape index (κ1) is 32.6. The van der Waals surface area contributed by atoms with E-state index in [1.807, 2.05) is 55.5 Å². The van der Waals surface area contributed by atoms with Gasteiger partial charge in [-0.15, -0.1) is 11.8 Å². The van der Waals surface area contributed by atoms with Gasteiger partial charge in [0.1, 0.15) is 10.9 Å². The highest BCUT2D eigenvalue weighted by Crippen LogP contribution is 2.37. The molecule has 0 bridgehead atoms. The Morgan fingerprint density at radius 2 is 1.39 bits per heavy atom. The van der Waals surface area contributed by atoms with Crippen molar-refractivity contribution in [2.75, 3.05) is 10.6 Å². The number of hydrogen-bond acceptors (Lipinski definition) is 4. The van der Waals surface area contributed by atoms with E-state index in [2.05, 4.69) is 16.0 Å². The smallest absolute Gasteiger partial charge is 0.272 e. The minimum Gasteiger partial charge on any atom is -0.325 e. The lowest BCUT2D eigenvalue weighted by Gasteiger charge is -2.18. The molecule has 0 heterocycles. The van der Waals surface area contributed by atoms with Crippen LogP contribution < -0.4 is 16.0 Å². The molecule has 0 saturated carbocycles. The van der Waals surface area contributed by atoms with Crippen molar-refractivity contribution in [3.05, 3.63) is 165 Å². The zero-order chi connectivity index (χ0) is 32.5. The third-order valence-electron chi connectivity index (χ3n) is 6.90. The van der Waals surface area contributed by atoms with Crippen molar-refractivity contribution < 1.29 is 14.4 Å². The van der Waals surface area contributed by atoms with Crippen molar-refractivity contribution in [2.24, 2.45) is 0 Å². The van der Waals surface area contributed by atoms with Crippen LogP contribution in [0.3, 0.4) is 0 Å². The summed E-state index contributed by atoms with van der Waals surface area (Å²) in [4.78, 5) is 40.8. The molecule has 6 nitrogen and oxygen atoms in total. The van der Waals surface area contributed by atoms with Gasteiger partial charge in [0.2, 0.25) is 5.91 Å². The van der Waals surface area contributed by atoms with Crippen LogP contribution >= 0.6 is 35.0 Å². The number of thioether (sulfide) groups is 1. The van der Waals surface area contributed by atoms with E-state index in [1.165, 1.54) is 17.8 Å². The zero-order valence-electron chi connectivity index (χ0n) is 24.7. The van der Waals surface area contributed by atoms with E-state index in [0.29, 0.717) is 32.5 Å². The molecule has 5 rings (SSSR count). The minimum absolute atomic E-state index is 0.0255. The third-order valence-corrected chi connectivity index (χ3v) is 8.74. The van der Waals surface area contributed by atoms with Crippen molar-refractivity contribution in [3.8, 4) is 0 Å². The lowest BCUT2D eigenvalue weighted by molar-refractivity contribution is -0.116. The van der Waals surface area contributed by atoms with Gasteiger partial charge in [-0.1, -0.05) is 96.0 Å². The molecule has 0 fully saturated rings. The predicted octanol–water partition coefficient (Wildman–Crippen LogP) is 9.18. The fourth-order valence-corrected chi connectivity index (χ4v) is 5.86. The molecule has 3 amide bonds. The summed E-state index contributed by atoms with van der Waals surface area (Å²) in [6.07, 6.45) is 1.54. The van der Waals surface area contributed by atoms with Gasteiger partial charge in [-0.3, -0.25) is 14.4 Å². The van der Waals surface area contributed by atoms with Gasteiger partial charge in [-0.25, -0.2) is 0 Å². The molecule has 1 unspecified atom stereocenters. The predicted molar refractivity (Wildman–Crippen MR) is 188 cm³/mol. The van der Waals surface area contributed by atoms with Crippen LogP contribution in [0.2, 0.25) is 10.0 Å². The Labute approximate surface area is 281 Å². The SMILES string of the molecule is Cc1ccc(Cl)cc1NC(=O)C(Sc1ccc(NC(=O)/C(=C/c2ccccc2Cl)NC(=O)c2ccccc2)cc1)c1ccccc1. The van der Waals surface area contributed by atoms with Crippen LogP contribution in [-0.2, 0) is 9.59 Å². The molecular weight excluding hydrogens is 637 g/mol. The molecule has 0 aliphatic carbocycles. The summed E-state index contributed by atoms with van der Waals surface area (Å²) >= 11 is 13.9. The zero-order valence-corrected chi connectivity index (χ0v) is 27.0. The lowest BCUT2D eigenvalue weighted by atomic mass is 10.1. The maximum atomic E-state index is 13.6. The normalized spacial score (nSPS) is 11.8. The second kappa shape index (κ2) is 15.5. The summed E-state index contributed by atoms with van der Waals surface area (Å²) in [6.45, 7) is 1.91. The van der Waals surface area contributed by atoms with Gasteiger partial charge < -0.3 is 16.0 Å². The largest absolute Gasteiger partial charge is 0.325 e. The molecule has 46 heavy (non-hydrogen) atoms. The molecule has 0 radical (unpaired) electrons. The maximum absolute atomic E-state index is 13.6. The summed E-state index contributed by atoms with van der Waals surface area (Å²) in [6, 6.07) is 37.7. The molecule has 3 N–H and O–H groups in total. The Bertz CT molecular complexity index is 1880. The molecule has 0 saturated heterocycles. The molecule has 0 aliphatic rings. The van der Waals surface area contributed by atoms with Gasteiger partial charge in [0.05, 0.1) is 0 Å². The highest BCUT2D eigenvalue weighted by Gasteiger charge is 2.23. The number of aryl methyl sites for hydroxylation is 1. The number of carbonyl (C=O) groups excluding carboxylic acids is 3. The number of amides is 3. The fraction of sp³-hybridized carbons (Fsp3) is 0.0541. The number of anilines is 2. The first-order chi connectivity index (χ1) is 22.3. The van der Waals surface area contributed by atoms with Crippen LogP contribution in [0.15, 0.2) is 138 Å². The quantitative estimate of drug-likeness (QED) is 0.103. The van der Waals surface area contributed by atoms with Crippen molar-refractivity contribution in [3.63, 3.8) is 0 Å². The number of rotatable bonds is 10. The Morgan fingerprint density at radius 1 is 0.739 bits per heavy atom. The summed E-state index contributed by atoms with van der Waals surface area (Å²) in [7, 11) is 0. The van der Waals surface area contributed by atoms with Crippen molar-refractivity contribution >= 4 is 70.1 Å². The molecule has 1 atom stereocenters. The van der Waals surface area contributed by atoms with Gasteiger partial charge in [-0.05, 0) is 84.3 Å². The van der Waals surface area contributed by atoms with E-state index in [1.54, 1.807) is 78.9 Å². The number of nitrogens with one attached hydrogen (secondary N) is 3. The van der Waals surface area contributed by atoms with Crippen LogP contribution in [0.4, 0.5) is 11.4 Å². The van der Waals surface area contributed by atoms with Crippen LogP contribution in [0.25, 0.3) is 6.08 Å². The van der Waals surface area contributed by atoms with E-state index < -0.39 is 17.1 Å². The van der Waals surface area contributed by atoms with E-state index >= 15 is 0 Å². The van der Waals surface area contributed by atoms with Crippen molar-refractivity contribution in [1.82, 2.24) is 5.32 Å². The fourth-order valence-electron chi connectivity index (χ4n) is 4.47. The minimum atomic E-state index is -0.557. The monoisotopic (exact) mass is 665 g/mol. The summed E-state index contributed by atoms with van der Waals surface area (Å²) < 4.78 is 0. The first-order valence-corrected chi connectivity index (χ1v) is 15.9. The Balaban J connectivity index is 1.34. The van der Waals surface area contributed by atoms with E-state index in [0.717, 1.165) is 16.0 Å². The summed E-state index contributed by atoms with van der Waals surface area (Å²) in [5.74, 6) is -1.15. The molecule has 5 aromatic rings. The second-order valence-electron chi connectivity index (χ2n) is 10.2. The highest BCUT2D eigenvalue weighted by molar-refractivity contribution is 8.00. The second-order valence-corrected chi connectivity index (χ2v) is 12.3. The van der Waals surface area contributed by atoms with Crippen molar-refractivity contribution in [2.45, 2.75) is 17.1 Å². The maximum Gasteiger partial charge on any atom is 0.272 e. The highest BCUT2D eigenvalue weighted by atomic mass is 35.5. The standard InChI is InChI=1S/C37H29Cl2N3O3S/c1-24-16-17-28(38)23-32(24)41-37(45)34(25-10-4-2-5-11-25)46-30-20-18-29(19-21-30)40-36(44)33(22-27-14-8-9-15-31(27)39)42-35(43)26-12-6-3-7-13-26/h2-23,34H,1H3,(H,40,44)(H,41,45)(H,42,43)/b33-22-. The van der Waals surface area contributed by atoms with E-state index in [4.69, 9.17) is 23.2 Å². The molecule has 0 spiro atoms. The van der Waals surface area contributed by atoms with Crippen LogP contribution in [0.5, 0.6) is 0 Å². The number of hydrogen-bond donors (Lipinski definition) is 3.